The largest absolute Gasteiger partial charge is 0.317 e. The first-order chi connectivity index (χ1) is 10.0. The van der Waals surface area contributed by atoms with Crippen molar-refractivity contribution in [1.29, 1.82) is 0 Å². The summed E-state index contributed by atoms with van der Waals surface area (Å²) in [5, 5.41) is 3.19. The maximum absolute atomic E-state index is 12.4. The lowest BCUT2D eigenvalue weighted by Gasteiger charge is -2.45. The molecule has 1 N–H and O–H groups in total. The summed E-state index contributed by atoms with van der Waals surface area (Å²) in [6.45, 7) is 8.07. The normalized spacial score (nSPS) is 27.6. The highest BCUT2D eigenvalue weighted by Gasteiger charge is 2.39. The first-order valence-corrected chi connectivity index (χ1v) is 11.1. The van der Waals surface area contributed by atoms with E-state index in [0.29, 0.717) is 5.41 Å². The molecule has 0 bridgehead atoms. The lowest BCUT2D eigenvalue weighted by Crippen LogP contribution is -2.53. The van der Waals surface area contributed by atoms with Gasteiger partial charge in [-0.05, 0) is 37.8 Å². The van der Waals surface area contributed by atoms with E-state index in [-0.39, 0.29) is 11.1 Å². The Morgan fingerprint density at radius 3 is 2.62 bits per heavy atom. The predicted molar refractivity (Wildman–Crippen MR) is 91.6 cm³/mol. The summed E-state index contributed by atoms with van der Waals surface area (Å²) in [4.78, 5) is 2.29. The molecule has 0 aromatic rings. The third-order valence-electron chi connectivity index (χ3n) is 4.99. The molecule has 2 aliphatic heterocycles. The molecular formula is C15H30N2O2S2. The van der Waals surface area contributed by atoms with E-state index in [1.807, 2.05) is 0 Å². The molecule has 2 saturated heterocycles. The molecule has 0 spiro atoms. The smallest absolute Gasteiger partial charge is 0.166 e. The fourth-order valence-corrected chi connectivity index (χ4v) is 6.80. The van der Waals surface area contributed by atoms with E-state index in [2.05, 4.69) is 17.1 Å². The lowest BCUT2D eigenvalue weighted by molar-refractivity contribution is 0.0982. The number of rotatable bonds is 6. The van der Waals surface area contributed by atoms with Crippen LogP contribution in [0.25, 0.3) is 0 Å². The fraction of sp³-hybridized carbons (Fsp3) is 1.00. The van der Waals surface area contributed by atoms with Gasteiger partial charge < -0.3 is 5.32 Å². The minimum absolute atomic E-state index is 0.259. The van der Waals surface area contributed by atoms with E-state index in [1.54, 1.807) is 18.7 Å². The molecular weight excluding hydrogens is 304 g/mol. The van der Waals surface area contributed by atoms with Crippen LogP contribution in [0.5, 0.6) is 0 Å². The van der Waals surface area contributed by atoms with Gasteiger partial charge in [0, 0.05) is 30.3 Å². The number of hydrogen-bond acceptors (Lipinski definition) is 5. The zero-order valence-electron chi connectivity index (χ0n) is 13.4. The number of thioether (sulfide) groups is 1. The highest BCUT2D eigenvalue weighted by Crippen LogP contribution is 2.37. The van der Waals surface area contributed by atoms with Crippen molar-refractivity contribution >= 4 is 21.6 Å². The first-order valence-electron chi connectivity index (χ1n) is 8.27. The fourth-order valence-electron chi connectivity index (χ4n) is 3.72. The molecule has 4 nitrogen and oxygen atoms in total. The SMILES string of the molecule is CCCC1(CN2CCSCC2S(=O)(=O)CC)CCNCC1. The van der Waals surface area contributed by atoms with E-state index in [0.717, 1.165) is 37.7 Å². The molecule has 0 aromatic carbocycles. The van der Waals surface area contributed by atoms with E-state index >= 15 is 0 Å². The molecule has 0 aliphatic carbocycles. The first kappa shape index (κ1) is 17.6. The number of nitrogens with zero attached hydrogens (tertiary/aromatic N) is 1. The Kier molecular flexibility index (Phi) is 6.41. The van der Waals surface area contributed by atoms with Crippen LogP contribution < -0.4 is 5.32 Å². The number of sulfone groups is 1. The molecule has 2 rings (SSSR count). The van der Waals surface area contributed by atoms with Gasteiger partial charge in [0.15, 0.2) is 9.84 Å². The summed E-state index contributed by atoms with van der Waals surface area (Å²) in [6.07, 6.45) is 4.78. The monoisotopic (exact) mass is 334 g/mol. The summed E-state index contributed by atoms with van der Waals surface area (Å²) >= 11 is 1.79. The van der Waals surface area contributed by atoms with Crippen LogP contribution in [0.1, 0.15) is 39.5 Å². The Morgan fingerprint density at radius 1 is 1.29 bits per heavy atom. The van der Waals surface area contributed by atoms with Gasteiger partial charge in [-0.3, -0.25) is 4.90 Å². The summed E-state index contributed by atoms with van der Waals surface area (Å²) in [6, 6.07) is 0. The molecule has 124 valence electrons. The summed E-state index contributed by atoms with van der Waals surface area (Å²) in [5.41, 5.74) is 0.323. The molecule has 1 unspecified atom stereocenters. The van der Waals surface area contributed by atoms with Gasteiger partial charge in [-0.1, -0.05) is 20.3 Å². The standard InChI is InChI=1S/C15H30N2O2S2/c1-3-5-15(6-8-16-9-7-15)13-17-10-11-20-12-14(17)21(18,19)4-2/h14,16H,3-13H2,1-2H3. The molecule has 0 amide bonds. The average Bonchev–Trinajstić information content (AvgIpc) is 2.49. The van der Waals surface area contributed by atoms with Gasteiger partial charge in [0.2, 0.25) is 0 Å². The van der Waals surface area contributed by atoms with E-state index in [1.165, 1.54) is 25.7 Å². The van der Waals surface area contributed by atoms with Crippen LogP contribution in [0, 0.1) is 5.41 Å². The van der Waals surface area contributed by atoms with Crippen molar-refractivity contribution < 1.29 is 8.42 Å². The van der Waals surface area contributed by atoms with Crippen LogP contribution in [0.3, 0.4) is 0 Å². The molecule has 2 fully saturated rings. The van der Waals surface area contributed by atoms with Crippen LogP contribution in [0.4, 0.5) is 0 Å². The zero-order valence-corrected chi connectivity index (χ0v) is 15.1. The van der Waals surface area contributed by atoms with E-state index < -0.39 is 9.84 Å². The van der Waals surface area contributed by atoms with Crippen LogP contribution in [-0.2, 0) is 9.84 Å². The van der Waals surface area contributed by atoms with Crippen molar-refractivity contribution in [2.45, 2.75) is 44.9 Å². The highest BCUT2D eigenvalue weighted by molar-refractivity contribution is 8.01. The molecule has 21 heavy (non-hydrogen) atoms. The van der Waals surface area contributed by atoms with Crippen LogP contribution >= 0.6 is 11.8 Å². The summed E-state index contributed by atoms with van der Waals surface area (Å²) in [5.74, 6) is 2.07. The van der Waals surface area contributed by atoms with E-state index in [4.69, 9.17) is 0 Å². The van der Waals surface area contributed by atoms with Crippen LogP contribution in [0.2, 0.25) is 0 Å². The molecule has 6 heteroatoms. The molecule has 2 aliphatic rings. The third-order valence-corrected chi connectivity index (χ3v) is 8.32. The predicted octanol–water partition coefficient (Wildman–Crippen LogP) is 1.97. The zero-order chi connectivity index (χ0) is 15.3. The van der Waals surface area contributed by atoms with Gasteiger partial charge in [-0.25, -0.2) is 8.42 Å². The molecule has 0 aromatic heterocycles. The quantitative estimate of drug-likeness (QED) is 0.805. The van der Waals surface area contributed by atoms with Crippen molar-refractivity contribution in [2.24, 2.45) is 5.41 Å². The minimum Gasteiger partial charge on any atom is -0.317 e. The Labute approximate surface area is 134 Å². The maximum atomic E-state index is 12.4. The molecule has 1 atom stereocenters. The second-order valence-corrected chi connectivity index (χ2v) is 10.0. The van der Waals surface area contributed by atoms with Gasteiger partial charge in [-0.15, -0.1) is 0 Å². The van der Waals surface area contributed by atoms with Gasteiger partial charge in [0.05, 0.1) is 0 Å². The number of nitrogens with one attached hydrogen (secondary N) is 1. The Morgan fingerprint density at radius 2 is 2.00 bits per heavy atom. The molecule has 0 radical (unpaired) electrons. The van der Waals surface area contributed by atoms with Crippen molar-refractivity contribution in [3.05, 3.63) is 0 Å². The highest BCUT2D eigenvalue weighted by atomic mass is 32.2. The Hall–Kier alpha value is 0.220. The Balaban J connectivity index is 2.13. The average molecular weight is 335 g/mol. The maximum Gasteiger partial charge on any atom is 0.166 e. The summed E-state index contributed by atoms with van der Waals surface area (Å²) < 4.78 is 24.8. The van der Waals surface area contributed by atoms with Crippen LogP contribution in [0.15, 0.2) is 0 Å². The van der Waals surface area contributed by atoms with Crippen molar-refractivity contribution in [3.63, 3.8) is 0 Å². The molecule has 2 heterocycles. The van der Waals surface area contributed by atoms with Crippen molar-refractivity contribution in [2.75, 3.05) is 43.4 Å². The second-order valence-electron chi connectivity index (χ2n) is 6.45. The minimum atomic E-state index is -2.97. The van der Waals surface area contributed by atoms with Crippen molar-refractivity contribution in [3.8, 4) is 0 Å². The van der Waals surface area contributed by atoms with Gasteiger partial charge in [-0.2, -0.15) is 11.8 Å². The van der Waals surface area contributed by atoms with Gasteiger partial charge >= 0.3 is 0 Å². The van der Waals surface area contributed by atoms with E-state index in [9.17, 15) is 8.42 Å². The van der Waals surface area contributed by atoms with Gasteiger partial charge in [0.1, 0.15) is 5.37 Å². The second kappa shape index (κ2) is 7.66. The molecule has 0 saturated carbocycles. The summed E-state index contributed by atoms with van der Waals surface area (Å²) in [7, 11) is -2.97. The third kappa shape index (κ3) is 4.36. The number of hydrogen-bond donors (Lipinski definition) is 1. The van der Waals surface area contributed by atoms with Gasteiger partial charge in [0.25, 0.3) is 0 Å². The Bertz CT molecular complexity index is 414. The topological polar surface area (TPSA) is 49.4 Å². The lowest BCUT2D eigenvalue weighted by atomic mass is 9.75. The number of piperidine rings is 1. The van der Waals surface area contributed by atoms with Crippen LogP contribution in [-0.4, -0.2) is 62.1 Å². The van der Waals surface area contributed by atoms with Crippen molar-refractivity contribution in [1.82, 2.24) is 10.2 Å².